The van der Waals surface area contributed by atoms with Crippen molar-refractivity contribution in [3.63, 3.8) is 0 Å². The molecule has 0 radical (unpaired) electrons. The van der Waals surface area contributed by atoms with Gasteiger partial charge in [0.1, 0.15) is 5.82 Å². The molecule has 0 atom stereocenters. The molecule has 2 rings (SSSR count). The van der Waals surface area contributed by atoms with E-state index in [0.717, 1.165) is 30.2 Å². The molecule has 17 heavy (non-hydrogen) atoms. The molecule has 0 saturated carbocycles. The van der Waals surface area contributed by atoms with Crippen molar-refractivity contribution in [1.82, 2.24) is 9.78 Å². The second-order valence-corrected chi connectivity index (χ2v) is 5.30. The van der Waals surface area contributed by atoms with Gasteiger partial charge in [0.05, 0.1) is 17.9 Å². The molecule has 0 aromatic carbocycles. The van der Waals surface area contributed by atoms with Crippen molar-refractivity contribution in [2.45, 2.75) is 26.8 Å². The van der Waals surface area contributed by atoms with Gasteiger partial charge < -0.3 is 11.1 Å². The van der Waals surface area contributed by atoms with Crippen LogP contribution >= 0.6 is 11.3 Å². The van der Waals surface area contributed by atoms with Crippen LogP contribution in [0, 0.1) is 6.92 Å². The number of nitrogens with zero attached hydrogens (tertiary/aromatic N) is 2. The third kappa shape index (κ3) is 2.44. The number of rotatable bonds is 4. The van der Waals surface area contributed by atoms with Crippen molar-refractivity contribution in [1.29, 1.82) is 0 Å². The summed E-state index contributed by atoms with van der Waals surface area (Å²) in [6.07, 6.45) is 1.09. The average molecular weight is 250 g/mol. The number of aromatic nitrogens is 2. The lowest BCUT2D eigenvalue weighted by atomic mass is 10.3. The first-order chi connectivity index (χ1) is 8.11. The number of nitrogen functional groups attached to an aromatic ring is 1. The molecule has 0 fully saturated rings. The number of aryl methyl sites for hydroxylation is 3. The summed E-state index contributed by atoms with van der Waals surface area (Å²) in [6, 6.07) is 4.34. The van der Waals surface area contributed by atoms with E-state index in [0.29, 0.717) is 0 Å². The Labute approximate surface area is 105 Å². The van der Waals surface area contributed by atoms with Crippen molar-refractivity contribution >= 4 is 22.8 Å². The van der Waals surface area contributed by atoms with E-state index in [2.05, 4.69) is 29.5 Å². The number of hydrogen-bond acceptors (Lipinski definition) is 4. The second-order valence-electron chi connectivity index (χ2n) is 4.05. The van der Waals surface area contributed by atoms with Crippen LogP contribution in [0.5, 0.6) is 0 Å². The monoisotopic (exact) mass is 250 g/mol. The van der Waals surface area contributed by atoms with Crippen molar-refractivity contribution in [3.8, 4) is 0 Å². The Morgan fingerprint density at radius 3 is 2.65 bits per heavy atom. The van der Waals surface area contributed by atoms with Crippen LogP contribution in [0.3, 0.4) is 0 Å². The van der Waals surface area contributed by atoms with Gasteiger partial charge in [-0.1, -0.05) is 6.92 Å². The summed E-state index contributed by atoms with van der Waals surface area (Å²) in [5.74, 6) is 0.897. The lowest BCUT2D eigenvalue weighted by Gasteiger charge is -2.06. The quantitative estimate of drug-likeness (QED) is 0.876. The molecule has 0 spiro atoms. The van der Waals surface area contributed by atoms with Crippen LogP contribution < -0.4 is 11.1 Å². The molecule has 0 saturated heterocycles. The van der Waals surface area contributed by atoms with Crippen molar-refractivity contribution in [2.24, 2.45) is 7.05 Å². The number of anilines is 2. The van der Waals surface area contributed by atoms with Crippen molar-refractivity contribution in [3.05, 3.63) is 27.6 Å². The number of hydrogen-bond donors (Lipinski definition) is 2. The molecule has 0 unspecified atom stereocenters. The highest BCUT2D eigenvalue weighted by molar-refractivity contribution is 7.12. The van der Waals surface area contributed by atoms with Gasteiger partial charge in [0.25, 0.3) is 0 Å². The zero-order chi connectivity index (χ0) is 12.4. The van der Waals surface area contributed by atoms with Gasteiger partial charge >= 0.3 is 0 Å². The zero-order valence-corrected chi connectivity index (χ0v) is 11.3. The van der Waals surface area contributed by atoms with E-state index in [9.17, 15) is 0 Å². The fraction of sp³-hybridized carbons (Fsp3) is 0.417. The largest absolute Gasteiger partial charge is 0.394 e. The molecule has 0 aliphatic heterocycles. The van der Waals surface area contributed by atoms with E-state index >= 15 is 0 Å². The minimum Gasteiger partial charge on any atom is -0.394 e. The second kappa shape index (κ2) is 4.79. The first-order valence-electron chi connectivity index (χ1n) is 5.72. The minimum absolute atomic E-state index is 0.736. The molecule has 4 nitrogen and oxygen atoms in total. The fourth-order valence-electron chi connectivity index (χ4n) is 1.76. The molecule has 2 aromatic heterocycles. The molecule has 2 heterocycles. The smallest absolute Gasteiger partial charge is 0.148 e. The summed E-state index contributed by atoms with van der Waals surface area (Å²) < 4.78 is 1.79. The third-order valence-corrected chi connectivity index (χ3v) is 3.99. The van der Waals surface area contributed by atoms with Crippen LogP contribution in [0.1, 0.15) is 22.4 Å². The number of thiophene rings is 1. The first-order valence-corrected chi connectivity index (χ1v) is 6.54. The molecule has 0 amide bonds. The summed E-state index contributed by atoms with van der Waals surface area (Å²) in [4.78, 5) is 2.73. The van der Waals surface area contributed by atoms with Crippen LogP contribution in [0.4, 0.5) is 11.5 Å². The normalized spacial score (nSPS) is 10.8. The van der Waals surface area contributed by atoms with Gasteiger partial charge in [0.15, 0.2) is 0 Å². The van der Waals surface area contributed by atoms with Crippen LogP contribution in [0.15, 0.2) is 12.1 Å². The summed E-state index contributed by atoms with van der Waals surface area (Å²) in [6.45, 7) is 4.89. The summed E-state index contributed by atoms with van der Waals surface area (Å²) in [7, 11) is 1.90. The van der Waals surface area contributed by atoms with E-state index in [4.69, 9.17) is 5.73 Å². The summed E-state index contributed by atoms with van der Waals surface area (Å²) in [5, 5.41) is 7.62. The third-order valence-electron chi connectivity index (χ3n) is 2.76. The lowest BCUT2D eigenvalue weighted by Crippen LogP contribution is -2.05. The summed E-state index contributed by atoms with van der Waals surface area (Å²) in [5.41, 5.74) is 7.56. The van der Waals surface area contributed by atoms with Crippen LogP contribution in [-0.4, -0.2) is 9.78 Å². The van der Waals surface area contributed by atoms with Gasteiger partial charge in [0, 0.05) is 16.8 Å². The first kappa shape index (κ1) is 12.0. The Bertz CT molecular complexity index is 513. The minimum atomic E-state index is 0.736. The Kier molecular flexibility index (Phi) is 3.38. The Balaban J connectivity index is 2.07. The molecule has 2 aromatic rings. The van der Waals surface area contributed by atoms with Crippen molar-refractivity contribution in [2.75, 3.05) is 11.1 Å². The van der Waals surface area contributed by atoms with Crippen molar-refractivity contribution < 1.29 is 0 Å². The highest BCUT2D eigenvalue weighted by atomic mass is 32.1. The maximum atomic E-state index is 5.96. The van der Waals surface area contributed by atoms with Crippen LogP contribution in [-0.2, 0) is 20.0 Å². The van der Waals surface area contributed by atoms with Crippen LogP contribution in [0.2, 0.25) is 0 Å². The molecule has 0 aliphatic rings. The van der Waals surface area contributed by atoms with E-state index in [1.165, 1.54) is 9.75 Å². The fourth-order valence-corrected chi connectivity index (χ4v) is 2.66. The maximum absolute atomic E-state index is 5.96. The topological polar surface area (TPSA) is 55.9 Å². The van der Waals surface area contributed by atoms with E-state index in [1.54, 1.807) is 4.68 Å². The molecule has 0 bridgehead atoms. The lowest BCUT2D eigenvalue weighted by molar-refractivity contribution is 0.758. The zero-order valence-electron chi connectivity index (χ0n) is 10.4. The van der Waals surface area contributed by atoms with Gasteiger partial charge in [-0.15, -0.1) is 11.3 Å². The Hall–Kier alpha value is -1.49. The van der Waals surface area contributed by atoms with Gasteiger partial charge in [-0.3, -0.25) is 4.68 Å². The number of nitrogens with two attached hydrogens (primary N) is 1. The van der Waals surface area contributed by atoms with Gasteiger partial charge in [-0.25, -0.2) is 0 Å². The standard InChI is InChI=1S/C12H18N4S/c1-4-9-5-6-10(17-9)7-14-12-11(13)8(2)15-16(12)3/h5-6,14H,4,7,13H2,1-3H3. The van der Waals surface area contributed by atoms with E-state index < -0.39 is 0 Å². The van der Waals surface area contributed by atoms with Crippen LogP contribution in [0.25, 0.3) is 0 Å². The van der Waals surface area contributed by atoms with E-state index in [-0.39, 0.29) is 0 Å². The average Bonchev–Trinajstić information content (AvgIpc) is 2.84. The molecule has 5 heteroatoms. The molecule has 92 valence electrons. The molecular formula is C12H18N4S. The Morgan fingerprint density at radius 2 is 2.12 bits per heavy atom. The van der Waals surface area contributed by atoms with E-state index in [1.807, 2.05) is 25.3 Å². The highest BCUT2D eigenvalue weighted by Gasteiger charge is 2.09. The maximum Gasteiger partial charge on any atom is 0.148 e. The number of nitrogens with one attached hydrogen (secondary N) is 1. The van der Waals surface area contributed by atoms with Gasteiger partial charge in [-0.2, -0.15) is 5.10 Å². The highest BCUT2D eigenvalue weighted by Crippen LogP contribution is 2.23. The molecule has 0 aliphatic carbocycles. The molecule has 3 N–H and O–H groups in total. The Morgan fingerprint density at radius 1 is 1.41 bits per heavy atom. The van der Waals surface area contributed by atoms with Gasteiger partial charge in [0.2, 0.25) is 0 Å². The summed E-state index contributed by atoms with van der Waals surface area (Å²) >= 11 is 1.84. The predicted octanol–water partition coefficient (Wildman–Crippen LogP) is 2.55. The molecular weight excluding hydrogens is 232 g/mol. The SMILES string of the molecule is CCc1ccc(CNc2c(N)c(C)nn2C)s1. The van der Waals surface area contributed by atoms with Gasteiger partial charge in [-0.05, 0) is 25.5 Å². The predicted molar refractivity (Wildman–Crippen MR) is 73.4 cm³/mol.